The lowest BCUT2D eigenvalue weighted by Gasteiger charge is -2.07. The molecule has 2 nitrogen and oxygen atoms in total. The average molecular weight is 187 g/mol. The van der Waals surface area contributed by atoms with E-state index in [4.69, 9.17) is 0 Å². The highest BCUT2D eigenvalue weighted by Gasteiger charge is 2.05. The summed E-state index contributed by atoms with van der Waals surface area (Å²) in [5.41, 5.74) is 2.84. The zero-order valence-electron chi connectivity index (χ0n) is 8.36. The summed E-state index contributed by atoms with van der Waals surface area (Å²) in [5, 5.41) is 10.6. The number of fused-ring (bicyclic) bond motifs is 1. The van der Waals surface area contributed by atoms with Gasteiger partial charge in [0.1, 0.15) is 0 Å². The second-order valence-corrected chi connectivity index (χ2v) is 3.56. The van der Waals surface area contributed by atoms with Crippen LogP contribution in [0.5, 0.6) is 0 Å². The molecule has 1 aromatic heterocycles. The zero-order chi connectivity index (χ0) is 10.1. The number of aliphatic hydroxyl groups is 1. The summed E-state index contributed by atoms with van der Waals surface area (Å²) in [6.45, 7) is 3.77. The van der Waals surface area contributed by atoms with Crippen LogP contribution in [0, 0.1) is 6.92 Å². The summed E-state index contributed by atoms with van der Waals surface area (Å²) in [4.78, 5) is 4.39. The van der Waals surface area contributed by atoms with E-state index in [9.17, 15) is 5.11 Å². The predicted octanol–water partition coefficient (Wildman–Crippen LogP) is 2.60. The fourth-order valence-corrected chi connectivity index (χ4v) is 1.59. The quantitative estimate of drug-likeness (QED) is 0.744. The summed E-state index contributed by atoms with van der Waals surface area (Å²) >= 11 is 0. The van der Waals surface area contributed by atoms with Gasteiger partial charge in [-0.05, 0) is 31.5 Å². The smallest absolute Gasteiger partial charge is 0.0932 e. The van der Waals surface area contributed by atoms with E-state index in [1.807, 2.05) is 37.3 Å². The SMILES string of the molecule is Cc1cc(C(C)O)nc2ccccc12. The maximum Gasteiger partial charge on any atom is 0.0932 e. The largest absolute Gasteiger partial charge is 0.387 e. The van der Waals surface area contributed by atoms with Crippen LogP contribution in [0.2, 0.25) is 0 Å². The van der Waals surface area contributed by atoms with Crippen molar-refractivity contribution in [2.24, 2.45) is 0 Å². The highest BCUT2D eigenvalue weighted by atomic mass is 16.3. The number of hydrogen-bond acceptors (Lipinski definition) is 2. The van der Waals surface area contributed by atoms with Crippen LogP contribution in [-0.2, 0) is 0 Å². The lowest BCUT2D eigenvalue weighted by atomic mass is 10.1. The molecule has 1 heterocycles. The molecule has 0 amide bonds. The Bertz CT molecular complexity index is 463. The number of hydrogen-bond donors (Lipinski definition) is 1. The van der Waals surface area contributed by atoms with Crippen LogP contribution in [-0.4, -0.2) is 10.1 Å². The van der Waals surface area contributed by atoms with Crippen LogP contribution in [0.1, 0.15) is 24.3 Å². The molecule has 0 saturated carbocycles. The first-order valence-corrected chi connectivity index (χ1v) is 4.73. The van der Waals surface area contributed by atoms with E-state index in [2.05, 4.69) is 4.98 Å². The second kappa shape index (κ2) is 3.39. The second-order valence-electron chi connectivity index (χ2n) is 3.56. The van der Waals surface area contributed by atoms with Crippen molar-refractivity contribution in [3.8, 4) is 0 Å². The molecule has 0 aliphatic rings. The normalized spacial score (nSPS) is 13.1. The molecule has 2 rings (SSSR count). The molecule has 0 radical (unpaired) electrons. The minimum Gasteiger partial charge on any atom is -0.387 e. The lowest BCUT2D eigenvalue weighted by Crippen LogP contribution is -1.97. The first-order chi connectivity index (χ1) is 6.68. The number of nitrogens with zero attached hydrogens (tertiary/aromatic N) is 1. The molecule has 0 saturated heterocycles. The van der Waals surface area contributed by atoms with Crippen molar-refractivity contribution in [3.05, 3.63) is 41.6 Å². The van der Waals surface area contributed by atoms with Crippen LogP contribution < -0.4 is 0 Å². The molecule has 0 aliphatic heterocycles. The van der Waals surface area contributed by atoms with E-state index in [1.165, 1.54) is 0 Å². The van der Waals surface area contributed by atoms with E-state index >= 15 is 0 Å². The van der Waals surface area contributed by atoms with Gasteiger partial charge in [-0.15, -0.1) is 0 Å². The molecule has 2 heteroatoms. The molecule has 1 N–H and O–H groups in total. The fraction of sp³-hybridized carbons (Fsp3) is 0.250. The van der Waals surface area contributed by atoms with Gasteiger partial charge >= 0.3 is 0 Å². The van der Waals surface area contributed by atoms with Crippen molar-refractivity contribution < 1.29 is 5.11 Å². The van der Waals surface area contributed by atoms with Gasteiger partial charge in [0.2, 0.25) is 0 Å². The molecule has 0 aliphatic carbocycles. The molecule has 1 unspecified atom stereocenters. The molecule has 14 heavy (non-hydrogen) atoms. The minimum atomic E-state index is -0.502. The van der Waals surface area contributed by atoms with Crippen molar-refractivity contribution in [3.63, 3.8) is 0 Å². The number of aliphatic hydroxyl groups excluding tert-OH is 1. The van der Waals surface area contributed by atoms with E-state index in [1.54, 1.807) is 6.92 Å². The van der Waals surface area contributed by atoms with E-state index in [0.29, 0.717) is 0 Å². The molecule has 72 valence electrons. The minimum absolute atomic E-state index is 0.502. The Labute approximate surface area is 83.2 Å². The first-order valence-electron chi connectivity index (χ1n) is 4.73. The highest BCUT2D eigenvalue weighted by molar-refractivity contribution is 5.82. The molecular formula is C12H13NO. The number of aromatic nitrogens is 1. The molecule has 0 bridgehead atoms. The van der Waals surface area contributed by atoms with Gasteiger partial charge in [0.05, 0.1) is 17.3 Å². The van der Waals surface area contributed by atoms with Gasteiger partial charge in [-0.1, -0.05) is 18.2 Å². The predicted molar refractivity (Wildman–Crippen MR) is 57.1 cm³/mol. The molecule has 0 fully saturated rings. The number of para-hydroxylation sites is 1. The molecular weight excluding hydrogens is 174 g/mol. The molecule has 2 aromatic rings. The highest BCUT2D eigenvalue weighted by Crippen LogP contribution is 2.20. The summed E-state index contributed by atoms with van der Waals surface area (Å²) in [5.74, 6) is 0. The van der Waals surface area contributed by atoms with Crippen LogP contribution in [0.15, 0.2) is 30.3 Å². The van der Waals surface area contributed by atoms with Crippen LogP contribution in [0.4, 0.5) is 0 Å². The van der Waals surface area contributed by atoms with Crippen molar-refractivity contribution in [2.75, 3.05) is 0 Å². The van der Waals surface area contributed by atoms with Gasteiger partial charge in [-0.25, -0.2) is 0 Å². The van der Waals surface area contributed by atoms with Gasteiger partial charge in [-0.3, -0.25) is 4.98 Å². The summed E-state index contributed by atoms with van der Waals surface area (Å²) in [6, 6.07) is 9.91. The van der Waals surface area contributed by atoms with Gasteiger partial charge in [0.25, 0.3) is 0 Å². The van der Waals surface area contributed by atoms with Crippen LogP contribution in [0.3, 0.4) is 0 Å². The Balaban J connectivity index is 2.72. The number of rotatable bonds is 1. The summed E-state index contributed by atoms with van der Waals surface area (Å²) in [6.07, 6.45) is -0.502. The topological polar surface area (TPSA) is 33.1 Å². The molecule has 1 aromatic carbocycles. The maximum atomic E-state index is 9.45. The Kier molecular flexibility index (Phi) is 2.22. The lowest BCUT2D eigenvalue weighted by molar-refractivity contribution is 0.194. The average Bonchev–Trinajstić information content (AvgIpc) is 2.17. The molecule has 1 atom stereocenters. The first kappa shape index (κ1) is 9.16. The van der Waals surface area contributed by atoms with Gasteiger partial charge < -0.3 is 5.11 Å². The van der Waals surface area contributed by atoms with Crippen LogP contribution >= 0.6 is 0 Å². The van der Waals surface area contributed by atoms with Gasteiger partial charge in [0.15, 0.2) is 0 Å². The maximum absolute atomic E-state index is 9.45. The van der Waals surface area contributed by atoms with Gasteiger partial charge in [-0.2, -0.15) is 0 Å². The Morgan fingerprint density at radius 3 is 2.71 bits per heavy atom. The summed E-state index contributed by atoms with van der Waals surface area (Å²) in [7, 11) is 0. The number of benzene rings is 1. The Hall–Kier alpha value is -1.41. The van der Waals surface area contributed by atoms with Crippen molar-refractivity contribution >= 4 is 10.9 Å². The van der Waals surface area contributed by atoms with Crippen molar-refractivity contribution in [1.29, 1.82) is 0 Å². The zero-order valence-corrected chi connectivity index (χ0v) is 8.36. The third-order valence-electron chi connectivity index (χ3n) is 2.37. The van der Waals surface area contributed by atoms with Gasteiger partial charge in [0, 0.05) is 5.39 Å². The monoisotopic (exact) mass is 187 g/mol. The third kappa shape index (κ3) is 1.49. The number of aryl methyl sites for hydroxylation is 1. The standard InChI is InChI=1S/C12H13NO/c1-8-7-12(9(2)14)13-11-6-4-3-5-10(8)11/h3-7,9,14H,1-2H3. The Morgan fingerprint density at radius 1 is 1.29 bits per heavy atom. The summed E-state index contributed by atoms with van der Waals surface area (Å²) < 4.78 is 0. The Morgan fingerprint density at radius 2 is 2.00 bits per heavy atom. The number of pyridine rings is 1. The van der Waals surface area contributed by atoms with E-state index < -0.39 is 6.10 Å². The van der Waals surface area contributed by atoms with Crippen molar-refractivity contribution in [1.82, 2.24) is 4.98 Å². The van der Waals surface area contributed by atoms with Crippen LogP contribution in [0.25, 0.3) is 10.9 Å². The fourth-order valence-electron chi connectivity index (χ4n) is 1.59. The van der Waals surface area contributed by atoms with Crippen molar-refractivity contribution in [2.45, 2.75) is 20.0 Å². The molecule has 0 spiro atoms. The third-order valence-corrected chi connectivity index (χ3v) is 2.37. The van der Waals surface area contributed by atoms with E-state index in [0.717, 1.165) is 22.2 Å². The van der Waals surface area contributed by atoms with E-state index in [-0.39, 0.29) is 0 Å².